The number of fused-ring (bicyclic) bond motifs is 1. The fraction of sp³-hybridized carbons (Fsp3) is 0.389. The van der Waals surface area contributed by atoms with Crippen LogP contribution in [0.4, 0.5) is 0 Å². The van der Waals surface area contributed by atoms with Crippen molar-refractivity contribution in [2.24, 2.45) is 0 Å². The lowest BCUT2D eigenvalue weighted by Crippen LogP contribution is -2.46. The van der Waals surface area contributed by atoms with E-state index in [1.165, 1.54) is 17.1 Å². The third kappa shape index (κ3) is 2.97. The predicted molar refractivity (Wildman–Crippen MR) is 96.7 cm³/mol. The summed E-state index contributed by atoms with van der Waals surface area (Å²) < 4.78 is 8.33. The Labute approximate surface area is 150 Å². The summed E-state index contributed by atoms with van der Waals surface area (Å²) in [6.45, 7) is 1.73. The average Bonchev–Trinajstić information content (AvgIpc) is 3.09. The Kier molecular flexibility index (Phi) is 4.21. The maximum atomic E-state index is 12.8. The third-order valence-electron chi connectivity index (χ3n) is 4.85. The lowest BCUT2D eigenvalue weighted by molar-refractivity contribution is -0.00627. The molecule has 1 fully saturated rings. The second-order valence-electron chi connectivity index (χ2n) is 6.65. The molecule has 3 heterocycles. The zero-order valence-corrected chi connectivity index (χ0v) is 14.6. The Balaban J connectivity index is 1.72. The van der Waals surface area contributed by atoms with Crippen LogP contribution in [0.25, 0.3) is 16.7 Å². The molecule has 0 amide bonds. The van der Waals surface area contributed by atoms with Crippen LogP contribution in [0.15, 0.2) is 41.6 Å². The topological polar surface area (TPSA) is 94.2 Å². The summed E-state index contributed by atoms with van der Waals surface area (Å²) in [6, 6.07) is 7.40. The molecule has 0 bridgehead atoms. The van der Waals surface area contributed by atoms with Crippen molar-refractivity contribution >= 4 is 11.0 Å². The van der Waals surface area contributed by atoms with Crippen LogP contribution in [0, 0.1) is 0 Å². The van der Waals surface area contributed by atoms with Gasteiger partial charge in [0.05, 0.1) is 31.1 Å². The first kappa shape index (κ1) is 16.7. The Morgan fingerprint density at radius 1 is 1.35 bits per heavy atom. The number of hydrogen-bond donors (Lipinski definition) is 2. The molecule has 0 aliphatic carbocycles. The van der Waals surface area contributed by atoms with Crippen molar-refractivity contribution in [3.8, 4) is 11.4 Å². The van der Waals surface area contributed by atoms with Gasteiger partial charge in [-0.15, -0.1) is 0 Å². The van der Waals surface area contributed by atoms with E-state index in [0.717, 1.165) is 18.8 Å². The molecule has 8 nitrogen and oxygen atoms in total. The minimum atomic E-state index is -0.882. The van der Waals surface area contributed by atoms with Gasteiger partial charge in [0.2, 0.25) is 0 Å². The van der Waals surface area contributed by atoms with E-state index in [4.69, 9.17) is 4.74 Å². The molecule has 0 atom stereocenters. The van der Waals surface area contributed by atoms with E-state index >= 15 is 0 Å². The van der Waals surface area contributed by atoms with Crippen LogP contribution in [-0.2, 0) is 6.54 Å². The van der Waals surface area contributed by atoms with E-state index in [9.17, 15) is 9.90 Å². The molecule has 2 N–H and O–H groups in total. The zero-order chi connectivity index (χ0) is 18.1. The molecular formula is C18H21N5O3. The lowest BCUT2D eigenvalue weighted by Gasteiger charge is -2.32. The number of ether oxygens (including phenoxy) is 1. The summed E-state index contributed by atoms with van der Waals surface area (Å²) in [6.07, 6.45) is 4.23. The van der Waals surface area contributed by atoms with Crippen molar-refractivity contribution in [1.82, 2.24) is 24.6 Å². The molecule has 0 saturated carbocycles. The van der Waals surface area contributed by atoms with E-state index in [0.29, 0.717) is 29.6 Å². The average molecular weight is 355 g/mol. The first-order valence-corrected chi connectivity index (χ1v) is 8.60. The van der Waals surface area contributed by atoms with Gasteiger partial charge in [-0.1, -0.05) is 6.07 Å². The van der Waals surface area contributed by atoms with Crippen LogP contribution in [0.1, 0.15) is 12.8 Å². The molecule has 1 saturated heterocycles. The third-order valence-corrected chi connectivity index (χ3v) is 4.85. The molecule has 8 heteroatoms. The summed E-state index contributed by atoms with van der Waals surface area (Å²) in [5, 5.41) is 18.7. The number of nitrogens with zero attached hydrogens (tertiary/aromatic N) is 4. The van der Waals surface area contributed by atoms with Crippen molar-refractivity contribution in [2.75, 3.05) is 20.2 Å². The SMILES string of the molecule is COc1cccc(-n2ncc3c(=O)n(CC4(O)CCNCC4)cnc32)c1. The van der Waals surface area contributed by atoms with Crippen LogP contribution in [0.5, 0.6) is 5.75 Å². The first-order valence-electron chi connectivity index (χ1n) is 8.60. The van der Waals surface area contributed by atoms with Gasteiger partial charge in [0.15, 0.2) is 5.65 Å². The van der Waals surface area contributed by atoms with Crippen molar-refractivity contribution in [2.45, 2.75) is 25.0 Å². The molecule has 26 heavy (non-hydrogen) atoms. The van der Waals surface area contributed by atoms with Gasteiger partial charge < -0.3 is 15.2 Å². The first-order chi connectivity index (χ1) is 12.6. The highest BCUT2D eigenvalue weighted by Crippen LogP contribution is 2.21. The van der Waals surface area contributed by atoms with Gasteiger partial charge in [0.1, 0.15) is 17.5 Å². The molecule has 3 aromatic rings. The van der Waals surface area contributed by atoms with Crippen molar-refractivity contribution in [3.05, 3.63) is 47.1 Å². The molecule has 2 aromatic heterocycles. The predicted octanol–water partition coefficient (Wildman–Crippen LogP) is 0.705. The van der Waals surface area contributed by atoms with E-state index in [1.54, 1.807) is 11.8 Å². The normalized spacial score (nSPS) is 16.7. The summed E-state index contributed by atoms with van der Waals surface area (Å²) in [5.41, 5.74) is 0.168. The zero-order valence-electron chi connectivity index (χ0n) is 14.6. The molecular weight excluding hydrogens is 334 g/mol. The van der Waals surface area contributed by atoms with Gasteiger partial charge in [0.25, 0.3) is 5.56 Å². The second kappa shape index (κ2) is 6.54. The summed E-state index contributed by atoms with van der Waals surface area (Å²) in [4.78, 5) is 17.3. The molecule has 0 spiro atoms. The van der Waals surface area contributed by atoms with Crippen LogP contribution in [0.2, 0.25) is 0 Å². The van der Waals surface area contributed by atoms with Crippen molar-refractivity contribution < 1.29 is 9.84 Å². The molecule has 0 radical (unpaired) electrons. The number of piperidine rings is 1. The van der Waals surface area contributed by atoms with E-state index in [-0.39, 0.29) is 12.1 Å². The van der Waals surface area contributed by atoms with Gasteiger partial charge >= 0.3 is 0 Å². The number of benzene rings is 1. The summed E-state index contributed by atoms with van der Waals surface area (Å²) in [5.74, 6) is 0.702. The molecule has 136 valence electrons. The van der Waals surface area contributed by atoms with Gasteiger partial charge in [-0.2, -0.15) is 5.10 Å². The fourth-order valence-electron chi connectivity index (χ4n) is 3.36. The van der Waals surface area contributed by atoms with E-state index < -0.39 is 5.60 Å². The highest BCUT2D eigenvalue weighted by molar-refractivity contribution is 5.75. The second-order valence-corrected chi connectivity index (χ2v) is 6.65. The number of rotatable bonds is 4. The fourth-order valence-corrected chi connectivity index (χ4v) is 3.36. The van der Waals surface area contributed by atoms with Crippen LogP contribution in [-0.4, -0.2) is 50.2 Å². The smallest absolute Gasteiger partial charge is 0.264 e. The molecule has 4 rings (SSSR count). The van der Waals surface area contributed by atoms with Crippen LogP contribution >= 0.6 is 0 Å². The summed E-state index contributed by atoms with van der Waals surface area (Å²) >= 11 is 0. The highest BCUT2D eigenvalue weighted by atomic mass is 16.5. The van der Waals surface area contributed by atoms with Crippen LogP contribution < -0.4 is 15.6 Å². The molecule has 0 unspecified atom stereocenters. The minimum absolute atomic E-state index is 0.198. The quantitative estimate of drug-likeness (QED) is 0.716. The van der Waals surface area contributed by atoms with Crippen LogP contribution in [0.3, 0.4) is 0 Å². The number of aromatic nitrogens is 4. The Hall–Kier alpha value is -2.71. The van der Waals surface area contributed by atoms with Gasteiger partial charge in [-0.3, -0.25) is 9.36 Å². The minimum Gasteiger partial charge on any atom is -0.497 e. The lowest BCUT2D eigenvalue weighted by atomic mass is 9.92. The molecule has 1 aromatic carbocycles. The molecule has 1 aliphatic rings. The van der Waals surface area contributed by atoms with E-state index in [1.807, 2.05) is 24.3 Å². The number of methoxy groups -OCH3 is 1. The number of nitrogens with one attached hydrogen (secondary N) is 1. The Bertz CT molecular complexity index is 988. The largest absolute Gasteiger partial charge is 0.497 e. The Morgan fingerprint density at radius 3 is 2.92 bits per heavy atom. The molecule has 1 aliphatic heterocycles. The number of hydrogen-bond acceptors (Lipinski definition) is 6. The van der Waals surface area contributed by atoms with Gasteiger partial charge in [-0.25, -0.2) is 9.67 Å². The van der Waals surface area contributed by atoms with Gasteiger partial charge in [0, 0.05) is 6.07 Å². The standard InChI is InChI=1S/C18H21N5O3/c1-26-14-4-2-3-13(9-14)23-16-15(10-21-23)17(24)22(12-20-16)11-18(25)5-7-19-8-6-18/h2-4,9-10,12,19,25H,5-8,11H2,1H3. The summed E-state index contributed by atoms with van der Waals surface area (Å²) in [7, 11) is 1.60. The highest BCUT2D eigenvalue weighted by Gasteiger charge is 2.30. The Morgan fingerprint density at radius 2 is 2.15 bits per heavy atom. The maximum absolute atomic E-state index is 12.8. The van der Waals surface area contributed by atoms with E-state index in [2.05, 4.69) is 15.4 Å². The van der Waals surface area contributed by atoms with Crippen molar-refractivity contribution in [3.63, 3.8) is 0 Å². The van der Waals surface area contributed by atoms with Gasteiger partial charge in [-0.05, 0) is 38.1 Å². The van der Waals surface area contributed by atoms with Crippen molar-refractivity contribution in [1.29, 1.82) is 0 Å². The monoisotopic (exact) mass is 355 g/mol. The number of aliphatic hydroxyl groups is 1. The maximum Gasteiger partial charge on any atom is 0.264 e.